The standard InChI is InChI=1S/C22H17F3N2O2/c23-22(24,25)18-10-11-20(26-12-18)29-19-13-27(14-19)21(28)17-8-6-16(7-9-17)15-4-2-1-3-5-15/h1-12,19H,13-14H2. The summed E-state index contributed by atoms with van der Waals surface area (Å²) in [5.41, 5.74) is 1.86. The van der Waals surface area contributed by atoms with Crippen LogP contribution in [0, 0.1) is 0 Å². The van der Waals surface area contributed by atoms with E-state index in [4.69, 9.17) is 4.74 Å². The van der Waals surface area contributed by atoms with Crippen molar-refractivity contribution in [3.63, 3.8) is 0 Å². The highest BCUT2D eigenvalue weighted by atomic mass is 19.4. The number of benzene rings is 2. The van der Waals surface area contributed by atoms with E-state index in [0.29, 0.717) is 18.7 Å². The second-order valence-electron chi connectivity index (χ2n) is 6.78. The minimum Gasteiger partial charge on any atom is -0.471 e. The van der Waals surface area contributed by atoms with Crippen LogP contribution in [-0.2, 0) is 6.18 Å². The van der Waals surface area contributed by atoms with Gasteiger partial charge in [-0.2, -0.15) is 13.2 Å². The molecule has 3 aromatic rings. The summed E-state index contributed by atoms with van der Waals surface area (Å²) in [6.07, 6.45) is -3.97. The summed E-state index contributed by atoms with van der Waals surface area (Å²) in [5.74, 6) is 0.00662. The Hall–Kier alpha value is -3.35. The van der Waals surface area contributed by atoms with Crippen LogP contribution < -0.4 is 4.74 Å². The molecule has 7 heteroatoms. The average Bonchev–Trinajstić information content (AvgIpc) is 2.70. The molecule has 4 nitrogen and oxygen atoms in total. The molecule has 0 atom stereocenters. The number of nitrogens with zero attached hydrogens (tertiary/aromatic N) is 2. The van der Waals surface area contributed by atoms with Crippen LogP contribution in [0.4, 0.5) is 13.2 Å². The first-order chi connectivity index (χ1) is 13.9. The zero-order chi connectivity index (χ0) is 20.4. The quantitative estimate of drug-likeness (QED) is 0.641. The molecule has 0 spiro atoms. The van der Waals surface area contributed by atoms with Crippen LogP contribution in [0.3, 0.4) is 0 Å². The highest BCUT2D eigenvalue weighted by molar-refractivity contribution is 5.95. The van der Waals surface area contributed by atoms with Crippen molar-refractivity contribution in [2.75, 3.05) is 13.1 Å². The largest absolute Gasteiger partial charge is 0.471 e. The maximum absolute atomic E-state index is 12.6. The Bertz CT molecular complexity index is 981. The smallest absolute Gasteiger partial charge is 0.417 e. The maximum Gasteiger partial charge on any atom is 0.417 e. The molecule has 0 unspecified atom stereocenters. The van der Waals surface area contributed by atoms with E-state index >= 15 is 0 Å². The molecule has 1 aromatic heterocycles. The van der Waals surface area contributed by atoms with Crippen molar-refractivity contribution in [3.05, 3.63) is 84.1 Å². The number of halogens is 3. The first-order valence-electron chi connectivity index (χ1n) is 9.05. The fourth-order valence-electron chi connectivity index (χ4n) is 3.09. The molecule has 1 aliphatic heterocycles. The monoisotopic (exact) mass is 398 g/mol. The number of aromatic nitrogens is 1. The van der Waals surface area contributed by atoms with Gasteiger partial charge in [-0.3, -0.25) is 4.79 Å². The van der Waals surface area contributed by atoms with Gasteiger partial charge in [-0.15, -0.1) is 0 Å². The SMILES string of the molecule is O=C(c1ccc(-c2ccccc2)cc1)N1CC(Oc2ccc(C(F)(F)F)cn2)C1. The number of likely N-dealkylation sites (tertiary alicyclic amines) is 1. The van der Waals surface area contributed by atoms with Crippen LogP contribution in [0.25, 0.3) is 11.1 Å². The first kappa shape index (κ1) is 19.0. The lowest BCUT2D eigenvalue weighted by Crippen LogP contribution is -2.56. The molecule has 0 bridgehead atoms. The third kappa shape index (κ3) is 4.23. The third-order valence-electron chi connectivity index (χ3n) is 4.73. The van der Waals surface area contributed by atoms with Crippen LogP contribution in [0.1, 0.15) is 15.9 Å². The number of alkyl halides is 3. The highest BCUT2D eigenvalue weighted by Gasteiger charge is 2.34. The lowest BCUT2D eigenvalue weighted by molar-refractivity contribution is -0.137. The number of rotatable bonds is 4. The number of carbonyl (C=O) groups is 1. The molecular weight excluding hydrogens is 381 g/mol. The van der Waals surface area contributed by atoms with Crippen molar-refractivity contribution < 1.29 is 22.7 Å². The fraction of sp³-hybridized carbons (Fsp3) is 0.182. The van der Waals surface area contributed by atoms with E-state index in [9.17, 15) is 18.0 Å². The Kier molecular flexibility index (Phi) is 4.96. The molecule has 2 heterocycles. The zero-order valence-corrected chi connectivity index (χ0v) is 15.3. The molecule has 0 radical (unpaired) electrons. The van der Waals surface area contributed by atoms with Gasteiger partial charge < -0.3 is 9.64 Å². The molecular formula is C22H17F3N2O2. The summed E-state index contributed by atoms with van der Waals surface area (Å²) >= 11 is 0. The van der Waals surface area contributed by atoms with Gasteiger partial charge in [-0.05, 0) is 29.3 Å². The van der Waals surface area contributed by atoms with Crippen LogP contribution in [0.2, 0.25) is 0 Å². The van der Waals surface area contributed by atoms with Crippen molar-refractivity contribution in [2.45, 2.75) is 12.3 Å². The Morgan fingerprint density at radius 3 is 2.17 bits per heavy atom. The van der Waals surface area contributed by atoms with E-state index in [2.05, 4.69) is 4.98 Å². The van der Waals surface area contributed by atoms with Gasteiger partial charge in [0.05, 0.1) is 18.7 Å². The zero-order valence-electron chi connectivity index (χ0n) is 15.3. The number of pyridine rings is 1. The van der Waals surface area contributed by atoms with Gasteiger partial charge in [0.1, 0.15) is 6.10 Å². The first-order valence-corrected chi connectivity index (χ1v) is 9.05. The second kappa shape index (κ2) is 7.58. The summed E-state index contributed by atoms with van der Waals surface area (Å²) in [5, 5.41) is 0. The Morgan fingerprint density at radius 1 is 0.931 bits per heavy atom. The number of hydrogen-bond acceptors (Lipinski definition) is 3. The summed E-state index contributed by atoms with van der Waals surface area (Å²) < 4.78 is 43.2. The molecule has 1 amide bonds. The summed E-state index contributed by atoms with van der Waals surface area (Å²) in [7, 11) is 0. The number of hydrogen-bond donors (Lipinski definition) is 0. The molecule has 1 saturated heterocycles. The lowest BCUT2D eigenvalue weighted by Gasteiger charge is -2.38. The molecule has 148 valence electrons. The highest BCUT2D eigenvalue weighted by Crippen LogP contribution is 2.29. The van der Waals surface area contributed by atoms with Gasteiger partial charge in [0.25, 0.3) is 5.91 Å². The Labute approximate surface area is 165 Å². The molecule has 1 fully saturated rings. The van der Waals surface area contributed by atoms with E-state index in [0.717, 1.165) is 23.4 Å². The van der Waals surface area contributed by atoms with Crippen LogP contribution >= 0.6 is 0 Å². The van der Waals surface area contributed by atoms with E-state index < -0.39 is 11.7 Å². The van der Waals surface area contributed by atoms with Crippen molar-refractivity contribution in [2.24, 2.45) is 0 Å². The van der Waals surface area contributed by atoms with Gasteiger partial charge >= 0.3 is 6.18 Å². The molecule has 0 aliphatic carbocycles. The Balaban J connectivity index is 1.32. The number of carbonyl (C=O) groups excluding carboxylic acids is 1. The average molecular weight is 398 g/mol. The van der Waals surface area contributed by atoms with Crippen molar-refractivity contribution in [1.82, 2.24) is 9.88 Å². The van der Waals surface area contributed by atoms with E-state index in [-0.39, 0.29) is 17.9 Å². The second-order valence-corrected chi connectivity index (χ2v) is 6.78. The van der Waals surface area contributed by atoms with E-state index in [1.807, 2.05) is 42.5 Å². The molecule has 29 heavy (non-hydrogen) atoms. The predicted molar refractivity (Wildman–Crippen MR) is 101 cm³/mol. The maximum atomic E-state index is 12.6. The van der Waals surface area contributed by atoms with Crippen LogP contribution in [0.5, 0.6) is 5.88 Å². The van der Waals surface area contributed by atoms with Gasteiger partial charge in [0.15, 0.2) is 0 Å². The topological polar surface area (TPSA) is 42.4 Å². The van der Waals surface area contributed by atoms with Gasteiger partial charge in [-0.1, -0.05) is 42.5 Å². The van der Waals surface area contributed by atoms with Crippen LogP contribution in [0.15, 0.2) is 72.9 Å². The molecule has 1 aliphatic rings. The summed E-state index contributed by atoms with van der Waals surface area (Å²) in [6, 6.07) is 19.4. The van der Waals surface area contributed by atoms with Crippen molar-refractivity contribution in [3.8, 4) is 17.0 Å². The number of amides is 1. The third-order valence-corrected chi connectivity index (χ3v) is 4.73. The van der Waals surface area contributed by atoms with Crippen molar-refractivity contribution >= 4 is 5.91 Å². The minimum absolute atomic E-state index is 0.107. The normalized spacial score (nSPS) is 14.4. The van der Waals surface area contributed by atoms with Crippen LogP contribution in [-0.4, -0.2) is 35.0 Å². The summed E-state index contributed by atoms with van der Waals surface area (Å²) in [4.78, 5) is 17.9. The fourth-order valence-corrected chi connectivity index (χ4v) is 3.09. The van der Waals surface area contributed by atoms with E-state index in [1.165, 1.54) is 6.07 Å². The lowest BCUT2D eigenvalue weighted by atomic mass is 10.0. The molecule has 0 saturated carbocycles. The van der Waals surface area contributed by atoms with Crippen molar-refractivity contribution in [1.29, 1.82) is 0 Å². The number of ether oxygens (including phenoxy) is 1. The minimum atomic E-state index is -4.43. The summed E-state index contributed by atoms with van der Waals surface area (Å²) in [6.45, 7) is 0.726. The Morgan fingerprint density at radius 2 is 1.59 bits per heavy atom. The van der Waals surface area contributed by atoms with E-state index in [1.54, 1.807) is 17.0 Å². The molecule has 4 rings (SSSR count). The van der Waals surface area contributed by atoms with Gasteiger partial charge in [0.2, 0.25) is 5.88 Å². The molecule has 2 aromatic carbocycles. The van der Waals surface area contributed by atoms with Gasteiger partial charge in [0, 0.05) is 17.8 Å². The predicted octanol–water partition coefficient (Wildman–Crippen LogP) is 4.67. The van der Waals surface area contributed by atoms with Gasteiger partial charge in [-0.25, -0.2) is 4.98 Å². The molecule has 0 N–H and O–H groups in total.